The molecule has 98 valence electrons. The molecule has 0 aromatic heterocycles. The number of benzene rings is 2. The van der Waals surface area contributed by atoms with E-state index < -0.39 is 0 Å². The number of ether oxygens (including phenoxy) is 1. The van der Waals surface area contributed by atoms with Gasteiger partial charge in [-0.15, -0.1) is 0 Å². The Bertz CT molecular complexity index is 596. The van der Waals surface area contributed by atoms with E-state index in [4.69, 9.17) is 21.5 Å². The van der Waals surface area contributed by atoms with Gasteiger partial charge in [-0.2, -0.15) is 0 Å². The van der Waals surface area contributed by atoms with Gasteiger partial charge in [0, 0.05) is 16.1 Å². The van der Waals surface area contributed by atoms with Crippen molar-refractivity contribution in [2.24, 2.45) is 5.16 Å². The van der Waals surface area contributed by atoms with Gasteiger partial charge in [-0.05, 0) is 25.1 Å². The molecular weight excluding hydrogens is 262 g/mol. The average molecular weight is 276 g/mol. The summed E-state index contributed by atoms with van der Waals surface area (Å²) in [4.78, 5) is 0. The Kier molecular flexibility index (Phi) is 4.42. The van der Waals surface area contributed by atoms with Crippen LogP contribution in [0.4, 0.5) is 0 Å². The van der Waals surface area contributed by atoms with E-state index >= 15 is 0 Å². The van der Waals surface area contributed by atoms with E-state index in [0.29, 0.717) is 23.1 Å². The van der Waals surface area contributed by atoms with Crippen molar-refractivity contribution in [3.05, 3.63) is 64.7 Å². The third-order valence-electron chi connectivity index (χ3n) is 2.75. The predicted octanol–water partition coefficient (Wildman–Crippen LogP) is 4.12. The minimum absolute atomic E-state index is 0.401. The molecule has 0 amide bonds. The van der Waals surface area contributed by atoms with E-state index in [-0.39, 0.29) is 0 Å². The minimum Gasteiger partial charge on any atom is -0.489 e. The zero-order chi connectivity index (χ0) is 13.7. The largest absolute Gasteiger partial charge is 0.489 e. The molecule has 0 atom stereocenters. The number of oxime groups is 1. The van der Waals surface area contributed by atoms with Crippen LogP contribution in [0, 0.1) is 0 Å². The summed E-state index contributed by atoms with van der Waals surface area (Å²) in [5.41, 5.74) is 2.30. The molecule has 0 unspecified atom stereocenters. The summed E-state index contributed by atoms with van der Waals surface area (Å²) >= 11 is 6.06. The molecule has 0 spiro atoms. The highest BCUT2D eigenvalue weighted by Crippen LogP contribution is 2.19. The quantitative estimate of drug-likeness (QED) is 0.518. The van der Waals surface area contributed by atoms with E-state index in [2.05, 4.69) is 5.16 Å². The maximum Gasteiger partial charge on any atom is 0.120 e. The molecule has 0 heterocycles. The molecule has 3 nitrogen and oxygen atoms in total. The van der Waals surface area contributed by atoms with Crippen molar-refractivity contribution >= 4 is 17.3 Å². The van der Waals surface area contributed by atoms with E-state index in [1.165, 1.54) is 0 Å². The molecule has 19 heavy (non-hydrogen) atoms. The van der Waals surface area contributed by atoms with Crippen molar-refractivity contribution in [3.8, 4) is 5.75 Å². The molecule has 0 bridgehead atoms. The first-order chi connectivity index (χ1) is 9.20. The van der Waals surface area contributed by atoms with E-state index in [9.17, 15) is 0 Å². The Morgan fingerprint density at radius 1 is 1.21 bits per heavy atom. The van der Waals surface area contributed by atoms with Gasteiger partial charge < -0.3 is 9.94 Å². The summed E-state index contributed by atoms with van der Waals surface area (Å²) < 4.78 is 5.69. The summed E-state index contributed by atoms with van der Waals surface area (Å²) in [7, 11) is 0. The van der Waals surface area contributed by atoms with E-state index in [0.717, 1.165) is 11.1 Å². The van der Waals surface area contributed by atoms with Crippen LogP contribution < -0.4 is 4.74 Å². The summed E-state index contributed by atoms with van der Waals surface area (Å²) in [6.07, 6.45) is 0. The Morgan fingerprint density at radius 2 is 2.00 bits per heavy atom. The number of hydrogen-bond acceptors (Lipinski definition) is 3. The van der Waals surface area contributed by atoms with Gasteiger partial charge in [0.15, 0.2) is 0 Å². The smallest absolute Gasteiger partial charge is 0.120 e. The summed E-state index contributed by atoms with van der Waals surface area (Å²) in [5, 5.41) is 12.6. The normalized spacial score (nSPS) is 11.4. The molecule has 1 N–H and O–H groups in total. The van der Waals surface area contributed by atoms with Crippen LogP contribution in [0.2, 0.25) is 5.02 Å². The van der Waals surface area contributed by atoms with E-state index in [1.807, 2.05) is 48.5 Å². The number of halogens is 1. The number of rotatable bonds is 4. The first kappa shape index (κ1) is 13.4. The lowest BCUT2D eigenvalue weighted by atomic mass is 10.1. The van der Waals surface area contributed by atoms with Gasteiger partial charge in [-0.25, -0.2) is 0 Å². The molecule has 2 rings (SSSR count). The van der Waals surface area contributed by atoms with Crippen molar-refractivity contribution in [2.45, 2.75) is 13.5 Å². The Labute approximate surface area is 117 Å². The molecule has 2 aromatic rings. The highest BCUT2D eigenvalue weighted by atomic mass is 35.5. The van der Waals surface area contributed by atoms with Crippen LogP contribution in [0.25, 0.3) is 0 Å². The molecule has 0 saturated carbocycles. The van der Waals surface area contributed by atoms with Crippen molar-refractivity contribution < 1.29 is 9.94 Å². The summed E-state index contributed by atoms with van der Waals surface area (Å²) in [6.45, 7) is 2.13. The van der Waals surface area contributed by atoms with Crippen LogP contribution >= 0.6 is 11.6 Å². The summed E-state index contributed by atoms with van der Waals surface area (Å²) in [6, 6.07) is 14.9. The summed E-state index contributed by atoms with van der Waals surface area (Å²) in [5.74, 6) is 0.709. The van der Waals surface area contributed by atoms with Crippen molar-refractivity contribution in [1.29, 1.82) is 0 Å². The van der Waals surface area contributed by atoms with Gasteiger partial charge in [0.1, 0.15) is 12.4 Å². The molecule has 2 aromatic carbocycles. The minimum atomic E-state index is 0.401. The zero-order valence-corrected chi connectivity index (χ0v) is 11.3. The Balaban J connectivity index is 2.10. The fourth-order valence-corrected chi connectivity index (χ4v) is 1.84. The molecule has 0 aliphatic rings. The zero-order valence-electron chi connectivity index (χ0n) is 10.5. The standard InChI is InChI=1S/C15H14ClNO2/c1-11(17-18)12-6-4-7-14(9-12)19-10-13-5-2-3-8-15(13)16/h2-9,18H,10H2,1H3/b17-11+. The van der Waals surface area contributed by atoms with Crippen LogP contribution in [0.5, 0.6) is 5.75 Å². The second-order valence-corrected chi connectivity index (χ2v) is 4.50. The number of nitrogens with zero attached hydrogens (tertiary/aromatic N) is 1. The van der Waals surface area contributed by atoms with Crippen LogP contribution in [0.15, 0.2) is 53.7 Å². The van der Waals surface area contributed by atoms with Crippen LogP contribution in [0.1, 0.15) is 18.1 Å². The van der Waals surface area contributed by atoms with E-state index in [1.54, 1.807) is 6.92 Å². The lowest BCUT2D eigenvalue weighted by Crippen LogP contribution is -1.98. The van der Waals surface area contributed by atoms with Crippen molar-refractivity contribution in [2.75, 3.05) is 0 Å². The molecule has 0 radical (unpaired) electrons. The maximum atomic E-state index is 8.75. The van der Waals surface area contributed by atoms with Gasteiger partial charge in [-0.3, -0.25) is 0 Å². The molecular formula is C15H14ClNO2. The fraction of sp³-hybridized carbons (Fsp3) is 0.133. The Morgan fingerprint density at radius 3 is 2.74 bits per heavy atom. The van der Waals surface area contributed by atoms with Crippen LogP contribution in [-0.4, -0.2) is 10.9 Å². The highest BCUT2D eigenvalue weighted by molar-refractivity contribution is 6.31. The van der Waals surface area contributed by atoms with Gasteiger partial charge in [0.05, 0.1) is 5.71 Å². The van der Waals surface area contributed by atoms with Crippen molar-refractivity contribution in [3.63, 3.8) is 0 Å². The topological polar surface area (TPSA) is 41.8 Å². The molecule has 0 aliphatic heterocycles. The molecule has 0 aliphatic carbocycles. The lowest BCUT2D eigenvalue weighted by Gasteiger charge is -2.08. The van der Waals surface area contributed by atoms with Gasteiger partial charge in [-0.1, -0.05) is 47.1 Å². The van der Waals surface area contributed by atoms with Gasteiger partial charge in [0.2, 0.25) is 0 Å². The second kappa shape index (κ2) is 6.25. The third-order valence-corrected chi connectivity index (χ3v) is 3.12. The van der Waals surface area contributed by atoms with Gasteiger partial charge in [0.25, 0.3) is 0 Å². The predicted molar refractivity (Wildman–Crippen MR) is 76.2 cm³/mol. The molecule has 0 saturated heterocycles. The van der Waals surface area contributed by atoms with Crippen LogP contribution in [0.3, 0.4) is 0 Å². The third kappa shape index (κ3) is 3.48. The first-order valence-corrected chi connectivity index (χ1v) is 6.24. The SMILES string of the molecule is C/C(=N\O)c1cccc(OCc2ccccc2Cl)c1. The lowest BCUT2D eigenvalue weighted by molar-refractivity contribution is 0.306. The second-order valence-electron chi connectivity index (χ2n) is 4.09. The van der Waals surface area contributed by atoms with Crippen LogP contribution in [-0.2, 0) is 6.61 Å². The molecule has 0 fully saturated rings. The van der Waals surface area contributed by atoms with Gasteiger partial charge >= 0.3 is 0 Å². The Hall–Kier alpha value is -2.00. The highest BCUT2D eigenvalue weighted by Gasteiger charge is 2.03. The van der Waals surface area contributed by atoms with Crippen molar-refractivity contribution in [1.82, 2.24) is 0 Å². The monoisotopic (exact) mass is 275 g/mol. The molecule has 4 heteroatoms. The fourth-order valence-electron chi connectivity index (χ4n) is 1.65. The maximum absolute atomic E-state index is 8.75. The average Bonchev–Trinajstić information content (AvgIpc) is 2.46. The number of hydrogen-bond donors (Lipinski definition) is 1. The first-order valence-electron chi connectivity index (χ1n) is 5.86.